The van der Waals surface area contributed by atoms with Crippen molar-refractivity contribution in [1.29, 1.82) is 0 Å². The summed E-state index contributed by atoms with van der Waals surface area (Å²) in [5.74, 6) is 0.939. The highest BCUT2D eigenvalue weighted by atomic mass is 16.3. The fraction of sp³-hybridized carbons (Fsp3) is 0.120. The number of benzene rings is 2. The van der Waals surface area contributed by atoms with Crippen molar-refractivity contribution in [3.05, 3.63) is 101 Å². The van der Waals surface area contributed by atoms with Crippen LogP contribution < -0.4 is 0 Å². The number of phenolic OH excluding ortho intramolecular Hbond substituents is 1. The number of nitrogens with zero attached hydrogens (tertiary/aromatic N) is 3. The third-order valence-corrected chi connectivity index (χ3v) is 5.24. The number of fused-ring (bicyclic) bond motifs is 1. The van der Waals surface area contributed by atoms with E-state index in [1.165, 1.54) is 5.56 Å². The number of furan rings is 1. The summed E-state index contributed by atoms with van der Waals surface area (Å²) < 4.78 is 7.09. The summed E-state index contributed by atoms with van der Waals surface area (Å²) in [4.78, 5) is 9.56. The molecule has 0 saturated heterocycles. The maximum atomic E-state index is 10.9. The van der Waals surface area contributed by atoms with Crippen molar-refractivity contribution in [2.24, 2.45) is 0 Å². The molecule has 5 aromatic rings. The molecule has 0 amide bonds. The first kappa shape index (κ1) is 18.9. The van der Waals surface area contributed by atoms with Gasteiger partial charge in [0.25, 0.3) is 0 Å². The van der Waals surface area contributed by atoms with Crippen molar-refractivity contribution in [2.45, 2.75) is 19.8 Å². The van der Waals surface area contributed by atoms with Crippen LogP contribution in [0.4, 0.5) is 0 Å². The molecule has 3 heterocycles. The van der Waals surface area contributed by atoms with Crippen LogP contribution in [0, 0.1) is 6.92 Å². The van der Waals surface area contributed by atoms with Crippen molar-refractivity contribution in [2.75, 3.05) is 0 Å². The maximum Gasteiger partial charge on any atom is 0.219 e. The fourth-order valence-corrected chi connectivity index (χ4v) is 3.78. The van der Waals surface area contributed by atoms with Crippen molar-refractivity contribution in [1.82, 2.24) is 14.4 Å². The van der Waals surface area contributed by atoms with Gasteiger partial charge in [-0.15, -0.1) is 0 Å². The number of rotatable bonds is 5. The Morgan fingerprint density at radius 2 is 1.77 bits per heavy atom. The van der Waals surface area contributed by atoms with E-state index < -0.39 is 0 Å². The zero-order valence-corrected chi connectivity index (χ0v) is 17.0. The van der Waals surface area contributed by atoms with Gasteiger partial charge in [-0.25, -0.2) is 9.97 Å². The van der Waals surface area contributed by atoms with Crippen LogP contribution in [-0.4, -0.2) is 24.6 Å². The molecule has 0 saturated carbocycles. The van der Waals surface area contributed by atoms with E-state index in [4.69, 9.17) is 14.4 Å². The van der Waals surface area contributed by atoms with Crippen LogP contribution in [0.25, 0.3) is 16.9 Å². The Hall–Kier alpha value is -4.06. The van der Waals surface area contributed by atoms with Gasteiger partial charge in [-0.2, -0.15) is 0 Å². The molecule has 6 nitrogen and oxygen atoms in total. The Morgan fingerprint density at radius 1 is 0.903 bits per heavy atom. The van der Waals surface area contributed by atoms with Gasteiger partial charge in [-0.1, -0.05) is 42.0 Å². The number of aryl methyl sites for hydroxylation is 1. The Morgan fingerprint density at radius 3 is 2.55 bits per heavy atom. The molecule has 0 unspecified atom stereocenters. The smallest absolute Gasteiger partial charge is 0.219 e. The molecule has 154 valence electrons. The number of phenols is 1. The van der Waals surface area contributed by atoms with Crippen LogP contribution in [0.2, 0.25) is 0 Å². The molecule has 0 aliphatic carbocycles. The van der Waals surface area contributed by atoms with Gasteiger partial charge in [0.15, 0.2) is 5.65 Å². The summed E-state index contributed by atoms with van der Waals surface area (Å²) in [6.45, 7) is 2.05. The summed E-state index contributed by atoms with van der Waals surface area (Å²) in [5, 5.41) is 20.8. The lowest BCUT2D eigenvalue weighted by Gasteiger charge is -2.09. The standard InChI is InChI=1S/C25H21N3O3/c1-16-5-2-6-17(11-16)12-21-24-27-22(14-20-9-4-10-31-20)25(30)28(24)15-23(26-21)18-7-3-8-19(29)13-18/h2-11,13,15,29-30H,12,14H2,1H3. The second kappa shape index (κ2) is 7.65. The predicted octanol–water partition coefficient (Wildman–Crippen LogP) is 4.89. The summed E-state index contributed by atoms with van der Waals surface area (Å²) in [6, 6.07) is 18.8. The molecule has 0 aliphatic rings. The third kappa shape index (κ3) is 3.75. The largest absolute Gasteiger partial charge is 0.508 e. The van der Waals surface area contributed by atoms with E-state index in [0.717, 1.165) is 22.6 Å². The lowest BCUT2D eigenvalue weighted by Crippen LogP contribution is -2.01. The summed E-state index contributed by atoms with van der Waals surface area (Å²) in [6.07, 6.45) is 4.30. The van der Waals surface area contributed by atoms with Gasteiger partial charge in [0.2, 0.25) is 5.88 Å². The molecule has 0 bridgehead atoms. The van der Waals surface area contributed by atoms with Crippen molar-refractivity contribution in [3.63, 3.8) is 0 Å². The van der Waals surface area contributed by atoms with Gasteiger partial charge in [-0.05, 0) is 36.8 Å². The molecule has 5 rings (SSSR count). The highest BCUT2D eigenvalue weighted by molar-refractivity contribution is 5.64. The molecule has 2 N–H and O–H groups in total. The van der Waals surface area contributed by atoms with E-state index in [0.29, 0.717) is 29.9 Å². The topological polar surface area (TPSA) is 83.8 Å². The lowest BCUT2D eigenvalue weighted by atomic mass is 10.1. The molecule has 2 aromatic carbocycles. The quantitative estimate of drug-likeness (QED) is 0.430. The highest BCUT2D eigenvalue weighted by Crippen LogP contribution is 2.29. The predicted molar refractivity (Wildman–Crippen MR) is 117 cm³/mol. The Kier molecular flexibility index (Phi) is 4.67. The Labute approximate surface area is 179 Å². The SMILES string of the molecule is Cc1cccc(Cc2nc(-c3cccc(O)c3)cn3c(O)c(Cc4ccco4)nc23)c1. The zero-order chi connectivity index (χ0) is 21.4. The zero-order valence-electron chi connectivity index (χ0n) is 17.0. The summed E-state index contributed by atoms with van der Waals surface area (Å²) >= 11 is 0. The van der Waals surface area contributed by atoms with Crippen LogP contribution >= 0.6 is 0 Å². The van der Waals surface area contributed by atoms with Gasteiger partial charge in [-0.3, -0.25) is 4.40 Å². The normalized spacial score (nSPS) is 11.3. The second-order valence-electron chi connectivity index (χ2n) is 7.62. The van der Waals surface area contributed by atoms with E-state index in [-0.39, 0.29) is 11.6 Å². The third-order valence-electron chi connectivity index (χ3n) is 5.24. The lowest BCUT2D eigenvalue weighted by molar-refractivity contribution is 0.438. The first-order valence-corrected chi connectivity index (χ1v) is 10.0. The van der Waals surface area contributed by atoms with Crippen molar-refractivity contribution >= 4 is 5.65 Å². The van der Waals surface area contributed by atoms with E-state index >= 15 is 0 Å². The van der Waals surface area contributed by atoms with Crippen LogP contribution in [0.15, 0.2) is 77.5 Å². The molecular weight excluding hydrogens is 390 g/mol. The number of aromatic nitrogens is 3. The first-order chi connectivity index (χ1) is 15.1. The minimum absolute atomic E-state index is 0.0562. The number of imidazole rings is 1. The monoisotopic (exact) mass is 411 g/mol. The number of aromatic hydroxyl groups is 2. The molecule has 0 spiro atoms. The molecule has 0 atom stereocenters. The van der Waals surface area contributed by atoms with Crippen LogP contribution in [0.3, 0.4) is 0 Å². The van der Waals surface area contributed by atoms with Crippen LogP contribution in [0.5, 0.6) is 11.6 Å². The summed E-state index contributed by atoms with van der Waals surface area (Å²) in [7, 11) is 0. The van der Waals surface area contributed by atoms with Crippen molar-refractivity contribution in [3.8, 4) is 22.9 Å². The molecule has 0 radical (unpaired) electrons. The van der Waals surface area contributed by atoms with Gasteiger partial charge in [0.1, 0.15) is 17.2 Å². The highest BCUT2D eigenvalue weighted by Gasteiger charge is 2.18. The minimum atomic E-state index is 0.0562. The number of hydrogen-bond donors (Lipinski definition) is 2. The average molecular weight is 411 g/mol. The van der Waals surface area contributed by atoms with Gasteiger partial charge in [0.05, 0.1) is 24.1 Å². The van der Waals surface area contributed by atoms with Crippen LogP contribution in [-0.2, 0) is 12.8 Å². The maximum absolute atomic E-state index is 10.9. The van der Waals surface area contributed by atoms with Crippen molar-refractivity contribution < 1.29 is 14.6 Å². The van der Waals surface area contributed by atoms with E-state index in [1.807, 2.05) is 24.3 Å². The van der Waals surface area contributed by atoms with Gasteiger partial charge >= 0.3 is 0 Å². The molecule has 0 fully saturated rings. The van der Waals surface area contributed by atoms with E-state index in [1.54, 1.807) is 35.1 Å². The molecular formula is C25H21N3O3. The number of hydrogen-bond acceptors (Lipinski definition) is 5. The molecule has 31 heavy (non-hydrogen) atoms. The first-order valence-electron chi connectivity index (χ1n) is 10.0. The van der Waals surface area contributed by atoms with Gasteiger partial charge in [0, 0.05) is 18.2 Å². The Bertz CT molecular complexity index is 1370. The molecule has 0 aliphatic heterocycles. The minimum Gasteiger partial charge on any atom is -0.508 e. The Balaban J connectivity index is 1.67. The van der Waals surface area contributed by atoms with Crippen LogP contribution in [0.1, 0.15) is 28.3 Å². The second-order valence-corrected chi connectivity index (χ2v) is 7.62. The fourth-order valence-electron chi connectivity index (χ4n) is 3.78. The van der Waals surface area contributed by atoms with E-state index in [2.05, 4.69) is 25.1 Å². The van der Waals surface area contributed by atoms with Gasteiger partial charge < -0.3 is 14.6 Å². The van der Waals surface area contributed by atoms with E-state index in [9.17, 15) is 10.2 Å². The molecule has 6 heteroatoms. The summed E-state index contributed by atoms with van der Waals surface area (Å²) in [5.41, 5.74) is 5.54. The molecule has 3 aromatic heterocycles. The average Bonchev–Trinajstić information content (AvgIpc) is 3.37.